The van der Waals surface area contributed by atoms with Gasteiger partial charge in [-0.2, -0.15) is 0 Å². The smallest absolute Gasteiger partial charge is 0.223 e. The van der Waals surface area contributed by atoms with Gasteiger partial charge in [-0.3, -0.25) is 4.79 Å². The molecule has 0 radical (unpaired) electrons. The molecule has 0 aliphatic rings. The van der Waals surface area contributed by atoms with Crippen LogP contribution in [0.25, 0.3) is 0 Å². The van der Waals surface area contributed by atoms with Crippen molar-refractivity contribution < 1.29 is 4.79 Å². The third-order valence-electron chi connectivity index (χ3n) is 2.83. The average Bonchev–Trinajstić information content (AvgIpc) is 2.16. The zero-order valence-corrected chi connectivity index (χ0v) is 11.5. The van der Waals surface area contributed by atoms with E-state index < -0.39 is 0 Å². The van der Waals surface area contributed by atoms with Crippen molar-refractivity contribution in [1.82, 2.24) is 4.90 Å². The molecule has 3 heteroatoms. The summed E-state index contributed by atoms with van der Waals surface area (Å²) in [5, 5.41) is 0.808. The van der Waals surface area contributed by atoms with Crippen LogP contribution in [0.15, 0.2) is 0 Å². The number of rotatable bonds is 5. The fraction of sp³-hybridized carbons (Fsp3) is 0.909. The van der Waals surface area contributed by atoms with Crippen LogP contribution in [0.5, 0.6) is 0 Å². The Bertz CT molecular complexity index is 192. The average molecular weight is 264 g/mol. The Kier molecular flexibility index (Phi) is 5.72. The van der Waals surface area contributed by atoms with Gasteiger partial charge < -0.3 is 4.90 Å². The van der Waals surface area contributed by atoms with Crippen LogP contribution in [0.1, 0.15) is 40.5 Å². The van der Waals surface area contributed by atoms with Gasteiger partial charge in [-0.1, -0.05) is 36.2 Å². The summed E-state index contributed by atoms with van der Waals surface area (Å²) in [5.74, 6) is 0.722. The number of amides is 1. The SMILES string of the molecule is CCC(C)CC(=O)N(C)C(C)(C)CBr. The largest absolute Gasteiger partial charge is 0.340 e. The summed E-state index contributed by atoms with van der Waals surface area (Å²) in [7, 11) is 1.88. The van der Waals surface area contributed by atoms with Crippen molar-refractivity contribution in [1.29, 1.82) is 0 Å². The standard InChI is InChI=1S/C11H22BrNO/c1-6-9(2)7-10(14)13(5)11(3,4)8-12/h9H,6-8H2,1-5H3. The number of hydrogen-bond acceptors (Lipinski definition) is 1. The van der Waals surface area contributed by atoms with E-state index in [9.17, 15) is 4.79 Å². The van der Waals surface area contributed by atoms with Crippen LogP contribution >= 0.6 is 15.9 Å². The minimum Gasteiger partial charge on any atom is -0.340 e. The van der Waals surface area contributed by atoms with Crippen LogP contribution in [-0.2, 0) is 4.79 Å². The van der Waals surface area contributed by atoms with Gasteiger partial charge in [-0.15, -0.1) is 0 Å². The summed E-state index contributed by atoms with van der Waals surface area (Å²) >= 11 is 3.43. The molecule has 0 bridgehead atoms. The van der Waals surface area contributed by atoms with E-state index in [1.54, 1.807) is 0 Å². The van der Waals surface area contributed by atoms with E-state index in [0.29, 0.717) is 12.3 Å². The minimum absolute atomic E-state index is 0.0927. The quantitative estimate of drug-likeness (QED) is 0.699. The molecule has 0 rings (SSSR count). The molecule has 2 nitrogen and oxygen atoms in total. The molecule has 1 unspecified atom stereocenters. The van der Waals surface area contributed by atoms with Crippen molar-refractivity contribution in [3.05, 3.63) is 0 Å². The highest BCUT2D eigenvalue weighted by Gasteiger charge is 2.26. The fourth-order valence-corrected chi connectivity index (χ4v) is 1.38. The van der Waals surface area contributed by atoms with Gasteiger partial charge in [-0.05, 0) is 19.8 Å². The van der Waals surface area contributed by atoms with Gasteiger partial charge in [-0.25, -0.2) is 0 Å². The van der Waals surface area contributed by atoms with Crippen LogP contribution in [0.2, 0.25) is 0 Å². The van der Waals surface area contributed by atoms with E-state index in [1.807, 2.05) is 11.9 Å². The first-order valence-electron chi connectivity index (χ1n) is 5.17. The highest BCUT2D eigenvalue weighted by molar-refractivity contribution is 9.09. The Balaban J connectivity index is 4.25. The van der Waals surface area contributed by atoms with Crippen molar-refractivity contribution in [2.45, 2.75) is 46.1 Å². The molecule has 0 aliphatic carbocycles. The van der Waals surface area contributed by atoms with E-state index in [1.165, 1.54) is 0 Å². The maximum Gasteiger partial charge on any atom is 0.223 e. The first-order chi connectivity index (χ1) is 6.35. The zero-order chi connectivity index (χ0) is 11.4. The molecule has 84 valence electrons. The lowest BCUT2D eigenvalue weighted by molar-refractivity contribution is -0.134. The van der Waals surface area contributed by atoms with Crippen molar-refractivity contribution in [2.24, 2.45) is 5.92 Å². The molecule has 0 aromatic carbocycles. The van der Waals surface area contributed by atoms with Crippen molar-refractivity contribution >= 4 is 21.8 Å². The Morgan fingerprint density at radius 3 is 2.36 bits per heavy atom. The Hall–Kier alpha value is -0.0500. The maximum absolute atomic E-state index is 11.8. The van der Waals surface area contributed by atoms with Crippen LogP contribution in [-0.4, -0.2) is 28.7 Å². The molecule has 0 saturated heterocycles. The highest BCUT2D eigenvalue weighted by Crippen LogP contribution is 2.18. The second-order valence-corrected chi connectivity index (χ2v) is 5.18. The third kappa shape index (κ3) is 3.99. The lowest BCUT2D eigenvalue weighted by Gasteiger charge is -2.34. The molecule has 0 N–H and O–H groups in total. The Morgan fingerprint density at radius 1 is 1.50 bits per heavy atom. The van der Waals surface area contributed by atoms with E-state index in [4.69, 9.17) is 0 Å². The highest BCUT2D eigenvalue weighted by atomic mass is 79.9. The molecular weight excluding hydrogens is 242 g/mol. The van der Waals surface area contributed by atoms with E-state index in [-0.39, 0.29) is 11.4 Å². The van der Waals surface area contributed by atoms with Gasteiger partial charge in [0, 0.05) is 24.3 Å². The topological polar surface area (TPSA) is 20.3 Å². The van der Waals surface area contributed by atoms with Crippen molar-refractivity contribution in [3.63, 3.8) is 0 Å². The molecule has 0 aromatic rings. The number of nitrogens with zero attached hydrogens (tertiary/aromatic N) is 1. The molecule has 0 heterocycles. The predicted octanol–water partition coefficient (Wildman–Crippen LogP) is 3.05. The van der Waals surface area contributed by atoms with Crippen LogP contribution in [0, 0.1) is 5.92 Å². The number of alkyl halides is 1. The summed E-state index contributed by atoms with van der Waals surface area (Å²) in [6.45, 7) is 8.37. The van der Waals surface area contributed by atoms with E-state index in [0.717, 1.165) is 11.8 Å². The molecule has 0 saturated carbocycles. The maximum atomic E-state index is 11.8. The number of carbonyl (C=O) groups is 1. The number of carbonyl (C=O) groups excluding carboxylic acids is 1. The van der Waals surface area contributed by atoms with E-state index in [2.05, 4.69) is 43.6 Å². The first kappa shape index (κ1) is 13.9. The second-order valence-electron chi connectivity index (χ2n) is 4.62. The molecule has 0 fully saturated rings. The van der Waals surface area contributed by atoms with Gasteiger partial charge in [0.05, 0.1) is 0 Å². The van der Waals surface area contributed by atoms with E-state index >= 15 is 0 Å². The predicted molar refractivity (Wildman–Crippen MR) is 64.7 cm³/mol. The van der Waals surface area contributed by atoms with Crippen molar-refractivity contribution in [2.75, 3.05) is 12.4 Å². The molecule has 0 aliphatic heterocycles. The molecular formula is C11H22BrNO. The minimum atomic E-state index is -0.0927. The van der Waals surface area contributed by atoms with Gasteiger partial charge in [0.25, 0.3) is 0 Å². The second kappa shape index (κ2) is 5.74. The molecule has 1 atom stereocenters. The lowest BCUT2D eigenvalue weighted by Crippen LogP contribution is -2.46. The normalized spacial score (nSPS) is 13.9. The summed E-state index contributed by atoms with van der Waals surface area (Å²) in [6.07, 6.45) is 1.72. The number of halogens is 1. The van der Waals surface area contributed by atoms with Gasteiger partial charge in [0.15, 0.2) is 0 Å². The monoisotopic (exact) mass is 263 g/mol. The van der Waals surface area contributed by atoms with Crippen molar-refractivity contribution in [3.8, 4) is 0 Å². The number of hydrogen-bond donors (Lipinski definition) is 0. The van der Waals surface area contributed by atoms with Gasteiger partial charge in [0.2, 0.25) is 5.91 Å². The van der Waals surface area contributed by atoms with Gasteiger partial charge in [0.1, 0.15) is 0 Å². The summed E-state index contributed by atoms with van der Waals surface area (Å²) in [6, 6.07) is 0. The van der Waals surface area contributed by atoms with Gasteiger partial charge >= 0.3 is 0 Å². The Morgan fingerprint density at radius 2 is 2.00 bits per heavy atom. The first-order valence-corrected chi connectivity index (χ1v) is 6.30. The summed E-state index contributed by atoms with van der Waals surface area (Å²) in [4.78, 5) is 13.7. The molecule has 14 heavy (non-hydrogen) atoms. The summed E-state index contributed by atoms with van der Waals surface area (Å²) < 4.78 is 0. The lowest BCUT2D eigenvalue weighted by atomic mass is 10.0. The molecule has 0 aromatic heterocycles. The molecule has 0 spiro atoms. The third-order valence-corrected chi connectivity index (χ3v) is 4.20. The zero-order valence-electron chi connectivity index (χ0n) is 9.93. The fourth-order valence-electron chi connectivity index (χ4n) is 1.01. The van der Waals surface area contributed by atoms with Crippen LogP contribution in [0.4, 0.5) is 0 Å². The Labute approximate surface area is 96.2 Å². The molecule has 1 amide bonds. The van der Waals surface area contributed by atoms with Crippen LogP contribution < -0.4 is 0 Å². The summed E-state index contributed by atoms with van der Waals surface area (Å²) in [5.41, 5.74) is -0.0927. The van der Waals surface area contributed by atoms with Crippen LogP contribution in [0.3, 0.4) is 0 Å².